The standard InChI is InChI=1S/C27H26N2O5/c1-32-20-9-10-22-23(16-20)34-25(24(22)18-6-3-2-4-7-18)27(31)29-13-11-19(12-14-29)26(30)28-17-21-8-5-15-33-21/h2-10,15-16,19H,11-14,17H2,1H3,(H,28,30). The van der Waals surface area contributed by atoms with Crippen LogP contribution in [0.25, 0.3) is 22.1 Å². The smallest absolute Gasteiger partial charge is 0.290 e. The van der Waals surface area contributed by atoms with Gasteiger partial charge in [-0.05, 0) is 42.7 Å². The fourth-order valence-corrected chi connectivity index (χ4v) is 4.47. The van der Waals surface area contributed by atoms with E-state index >= 15 is 0 Å². The van der Waals surface area contributed by atoms with Gasteiger partial charge in [-0.3, -0.25) is 9.59 Å². The Morgan fingerprint density at radius 1 is 1.06 bits per heavy atom. The first-order chi connectivity index (χ1) is 16.6. The molecule has 5 rings (SSSR count). The van der Waals surface area contributed by atoms with Crippen LogP contribution < -0.4 is 10.1 Å². The monoisotopic (exact) mass is 458 g/mol. The topological polar surface area (TPSA) is 84.9 Å². The normalized spacial score (nSPS) is 14.3. The molecule has 1 N–H and O–H groups in total. The fraction of sp³-hybridized carbons (Fsp3) is 0.259. The molecule has 4 aromatic rings. The second-order valence-electron chi connectivity index (χ2n) is 8.40. The van der Waals surface area contributed by atoms with Crippen molar-refractivity contribution in [2.75, 3.05) is 20.2 Å². The van der Waals surface area contributed by atoms with E-state index in [9.17, 15) is 9.59 Å². The molecule has 0 bridgehead atoms. The molecule has 0 unspecified atom stereocenters. The third-order valence-corrected chi connectivity index (χ3v) is 6.32. The van der Waals surface area contributed by atoms with E-state index in [0.29, 0.717) is 49.6 Å². The van der Waals surface area contributed by atoms with Crippen molar-refractivity contribution in [3.05, 3.63) is 78.4 Å². The largest absolute Gasteiger partial charge is 0.497 e. The van der Waals surface area contributed by atoms with Crippen molar-refractivity contribution in [2.45, 2.75) is 19.4 Å². The zero-order valence-electron chi connectivity index (χ0n) is 19.0. The first-order valence-corrected chi connectivity index (χ1v) is 11.4. The molecule has 1 aliphatic rings. The third-order valence-electron chi connectivity index (χ3n) is 6.32. The molecule has 0 atom stereocenters. The van der Waals surface area contributed by atoms with Crippen molar-refractivity contribution in [3.63, 3.8) is 0 Å². The molecule has 34 heavy (non-hydrogen) atoms. The Hall–Kier alpha value is -4.00. The zero-order chi connectivity index (χ0) is 23.5. The molecule has 0 radical (unpaired) electrons. The summed E-state index contributed by atoms with van der Waals surface area (Å²) in [5, 5.41) is 3.79. The van der Waals surface area contributed by atoms with Crippen molar-refractivity contribution in [1.29, 1.82) is 0 Å². The summed E-state index contributed by atoms with van der Waals surface area (Å²) in [5.41, 5.74) is 2.30. The molecule has 7 heteroatoms. The van der Waals surface area contributed by atoms with Crippen LogP contribution in [0.1, 0.15) is 29.2 Å². The van der Waals surface area contributed by atoms with Crippen LogP contribution in [-0.2, 0) is 11.3 Å². The van der Waals surface area contributed by atoms with Gasteiger partial charge in [0.1, 0.15) is 17.1 Å². The van der Waals surface area contributed by atoms with Gasteiger partial charge in [-0.15, -0.1) is 0 Å². The molecule has 174 valence electrons. The van der Waals surface area contributed by atoms with Gasteiger partial charge in [0.2, 0.25) is 11.7 Å². The van der Waals surface area contributed by atoms with Gasteiger partial charge in [-0.25, -0.2) is 0 Å². The van der Waals surface area contributed by atoms with Crippen molar-refractivity contribution in [1.82, 2.24) is 10.2 Å². The number of ether oxygens (including phenoxy) is 1. The SMILES string of the molecule is COc1ccc2c(-c3ccccc3)c(C(=O)N3CCC(C(=O)NCc4ccco4)CC3)oc2c1. The van der Waals surface area contributed by atoms with Gasteiger partial charge in [0.05, 0.1) is 19.9 Å². The number of rotatable bonds is 6. The molecule has 2 aromatic carbocycles. The number of fused-ring (bicyclic) bond motifs is 1. The maximum Gasteiger partial charge on any atom is 0.290 e. The number of carbonyl (C=O) groups excluding carboxylic acids is 2. The Kier molecular flexibility index (Phi) is 6.08. The number of furan rings is 2. The van der Waals surface area contributed by atoms with E-state index in [0.717, 1.165) is 22.3 Å². The number of likely N-dealkylation sites (tertiary alicyclic amines) is 1. The summed E-state index contributed by atoms with van der Waals surface area (Å²) in [6, 6.07) is 19.0. The molecule has 1 saturated heterocycles. The van der Waals surface area contributed by atoms with Crippen LogP contribution in [0.5, 0.6) is 5.75 Å². The van der Waals surface area contributed by atoms with E-state index in [1.54, 1.807) is 30.4 Å². The molecule has 2 aromatic heterocycles. The van der Waals surface area contributed by atoms with E-state index < -0.39 is 0 Å². The number of nitrogens with zero attached hydrogens (tertiary/aromatic N) is 1. The Morgan fingerprint density at radius 3 is 2.56 bits per heavy atom. The van der Waals surface area contributed by atoms with Crippen LogP contribution in [0.3, 0.4) is 0 Å². The maximum atomic E-state index is 13.6. The van der Waals surface area contributed by atoms with Gasteiger partial charge in [-0.2, -0.15) is 0 Å². The van der Waals surface area contributed by atoms with Gasteiger partial charge < -0.3 is 23.8 Å². The summed E-state index contributed by atoms with van der Waals surface area (Å²) < 4.78 is 16.7. The van der Waals surface area contributed by atoms with Crippen LogP contribution in [0, 0.1) is 5.92 Å². The van der Waals surface area contributed by atoms with Gasteiger partial charge in [0, 0.05) is 36.0 Å². The third kappa shape index (κ3) is 4.29. The summed E-state index contributed by atoms with van der Waals surface area (Å²) in [7, 11) is 1.60. The summed E-state index contributed by atoms with van der Waals surface area (Å²) in [5.74, 6) is 1.40. The molecule has 0 saturated carbocycles. The van der Waals surface area contributed by atoms with E-state index in [4.69, 9.17) is 13.6 Å². The first kappa shape index (κ1) is 21.8. The zero-order valence-corrected chi connectivity index (χ0v) is 19.0. The highest BCUT2D eigenvalue weighted by atomic mass is 16.5. The molecule has 2 amide bonds. The minimum absolute atomic E-state index is 0.00990. The summed E-state index contributed by atoms with van der Waals surface area (Å²) in [6.45, 7) is 1.35. The lowest BCUT2D eigenvalue weighted by molar-refractivity contribution is -0.126. The number of amides is 2. The fourth-order valence-electron chi connectivity index (χ4n) is 4.47. The molecule has 1 aliphatic heterocycles. The van der Waals surface area contributed by atoms with E-state index in [1.165, 1.54) is 0 Å². The van der Waals surface area contributed by atoms with Crippen LogP contribution in [0.15, 0.2) is 75.8 Å². The van der Waals surface area contributed by atoms with Gasteiger partial charge >= 0.3 is 0 Å². The predicted molar refractivity (Wildman–Crippen MR) is 127 cm³/mol. The number of hydrogen-bond donors (Lipinski definition) is 1. The number of benzene rings is 2. The van der Waals surface area contributed by atoms with Gasteiger partial charge in [0.15, 0.2) is 0 Å². The van der Waals surface area contributed by atoms with Crippen molar-refractivity contribution in [3.8, 4) is 16.9 Å². The lowest BCUT2D eigenvalue weighted by Gasteiger charge is -2.31. The second-order valence-corrected chi connectivity index (χ2v) is 8.40. The molecule has 0 spiro atoms. The number of carbonyl (C=O) groups is 2. The highest BCUT2D eigenvalue weighted by molar-refractivity contribution is 6.08. The Morgan fingerprint density at radius 2 is 1.85 bits per heavy atom. The Bertz CT molecular complexity index is 1290. The van der Waals surface area contributed by atoms with E-state index in [-0.39, 0.29) is 17.7 Å². The lowest BCUT2D eigenvalue weighted by Crippen LogP contribution is -2.42. The van der Waals surface area contributed by atoms with Crippen molar-refractivity contribution < 1.29 is 23.2 Å². The second kappa shape index (κ2) is 9.47. The molecule has 7 nitrogen and oxygen atoms in total. The highest BCUT2D eigenvalue weighted by Gasteiger charge is 2.31. The Balaban J connectivity index is 1.34. The van der Waals surface area contributed by atoms with Crippen LogP contribution in [0.4, 0.5) is 0 Å². The minimum atomic E-state index is -0.163. The molecule has 0 aliphatic carbocycles. The van der Waals surface area contributed by atoms with Crippen LogP contribution in [-0.4, -0.2) is 36.9 Å². The minimum Gasteiger partial charge on any atom is -0.497 e. The van der Waals surface area contributed by atoms with E-state index in [2.05, 4.69) is 5.32 Å². The van der Waals surface area contributed by atoms with E-state index in [1.807, 2.05) is 48.5 Å². The quantitative estimate of drug-likeness (QED) is 0.446. The first-order valence-electron chi connectivity index (χ1n) is 11.4. The highest BCUT2D eigenvalue weighted by Crippen LogP contribution is 2.37. The van der Waals surface area contributed by atoms with Crippen molar-refractivity contribution in [2.24, 2.45) is 5.92 Å². The summed E-state index contributed by atoms with van der Waals surface area (Å²) >= 11 is 0. The summed E-state index contributed by atoms with van der Waals surface area (Å²) in [4.78, 5) is 27.9. The maximum absolute atomic E-state index is 13.6. The van der Waals surface area contributed by atoms with Gasteiger partial charge in [0.25, 0.3) is 5.91 Å². The van der Waals surface area contributed by atoms with Crippen LogP contribution >= 0.6 is 0 Å². The molecule has 3 heterocycles. The number of methoxy groups -OCH3 is 1. The summed E-state index contributed by atoms with van der Waals surface area (Å²) in [6.07, 6.45) is 2.79. The molecular weight excluding hydrogens is 432 g/mol. The van der Waals surface area contributed by atoms with Gasteiger partial charge in [-0.1, -0.05) is 30.3 Å². The average Bonchev–Trinajstić information content (AvgIpc) is 3.55. The molecule has 1 fully saturated rings. The lowest BCUT2D eigenvalue weighted by atomic mass is 9.95. The number of piperidine rings is 1. The predicted octanol–water partition coefficient (Wildman–Crippen LogP) is 4.87. The van der Waals surface area contributed by atoms with Crippen molar-refractivity contribution >= 4 is 22.8 Å². The number of hydrogen-bond acceptors (Lipinski definition) is 5. The average molecular weight is 459 g/mol. The van der Waals surface area contributed by atoms with Crippen LogP contribution in [0.2, 0.25) is 0 Å². The Labute approximate surface area is 197 Å². The molecular formula is C27H26N2O5. The number of nitrogens with one attached hydrogen (secondary N) is 1.